The highest BCUT2D eigenvalue weighted by Crippen LogP contribution is 2.34. The number of amides is 2. The average molecular weight is 492 g/mol. The molecule has 2 aromatic carbocycles. The third-order valence-electron chi connectivity index (χ3n) is 5.83. The maximum atomic E-state index is 13.6. The number of hydrogen-bond donors (Lipinski definition) is 1. The molecule has 1 fully saturated rings. The van der Waals surface area contributed by atoms with Crippen LogP contribution in [0.15, 0.2) is 52.9 Å². The summed E-state index contributed by atoms with van der Waals surface area (Å²) in [5.74, 6) is 1.33. The summed E-state index contributed by atoms with van der Waals surface area (Å²) in [6, 6.07) is 15.5. The van der Waals surface area contributed by atoms with E-state index in [1.165, 1.54) is 11.3 Å². The van der Waals surface area contributed by atoms with Crippen LogP contribution in [0.5, 0.6) is 0 Å². The van der Waals surface area contributed by atoms with Crippen molar-refractivity contribution >= 4 is 45.9 Å². The van der Waals surface area contributed by atoms with E-state index in [4.69, 9.17) is 4.42 Å². The van der Waals surface area contributed by atoms with Crippen molar-refractivity contribution in [3.8, 4) is 10.4 Å². The van der Waals surface area contributed by atoms with Crippen molar-refractivity contribution in [2.45, 2.75) is 26.1 Å². The van der Waals surface area contributed by atoms with Gasteiger partial charge >= 0.3 is 0 Å². The minimum Gasteiger partial charge on any atom is -0.461 e. The maximum absolute atomic E-state index is 13.6. The van der Waals surface area contributed by atoms with Crippen LogP contribution < -0.4 is 5.32 Å². The molecule has 0 bridgehead atoms. The SMILES string of the molecule is Cc1cccc(-c2sc(C)nc2C(=O)N2CCSC2CNC(=O)c2cccc3oc(C)cc23)c1. The molecule has 34 heavy (non-hydrogen) atoms. The lowest BCUT2D eigenvalue weighted by Crippen LogP contribution is -2.42. The predicted molar refractivity (Wildman–Crippen MR) is 138 cm³/mol. The molecule has 8 heteroatoms. The monoisotopic (exact) mass is 491 g/mol. The van der Waals surface area contributed by atoms with Crippen molar-refractivity contribution in [2.75, 3.05) is 18.8 Å². The van der Waals surface area contributed by atoms with Gasteiger partial charge in [0.05, 0.1) is 20.8 Å². The number of rotatable bonds is 5. The molecular weight excluding hydrogens is 466 g/mol. The van der Waals surface area contributed by atoms with Gasteiger partial charge in [-0.3, -0.25) is 9.59 Å². The molecule has 1 atom stereocenters. The highest BCUT2D eigenvalue weighted by Gasteiger charge is 2.33. The molecule has 0 radical (unpaired) electrons. The Kier molecular flexibility index (Phi) is 6.18. The summed E-state index contributed by atoms with van der Waals surface area (Å²) in [4.78, 5) is 33.9. The highest BCUT2D eigenvalue weighted by molar-refractivity contribution is 8.00. The topological polar surface area (TPSA) is 75.4 Å². The Morgan fingerprint density at radius 2 is 1.97 bits per heavy atom. The van der Waals surface area contributed by atoms with Gasteiger partial charge in [-0.05, 0) is 44.5 Å². The van der Waals surface area contributed by atoms with E-state index < -0.39 is 0 Å². The Morgan fingerprint density at radius 1 is 1.15 bits per heavy atom. The Morgan fingerprint density at radius 3 is 2.79 bits per heavy atom. The van der Waals surface area contributed by atoms with Crippen LogP contribution in [0.3, 0.4) is 0 Å². The fourth-order valence-electron chi connectivity index (χ4n) is 4.27. The number of thiazole rings is 1. The molecule has 4 aromatic rings. The maximum Gasteiger partial charge on any atom is 0.274 e. The second-order valence-electron chi connectivity index (χ2n) is 8.39. The van der Waals surface area contributed by atoms with Crippen LogP contribution in [0.2, 0.25) is 0 Å². The first kappa shape index (κ1) is 22.7. The van der Waals surface area contributed by atoms with Crippen LogP contribution in [0, 0.1) is 20.8 Å². The fraction of sp³-hybridized carbons (Fsp3) is 0.269. The van der Waals surface area contributed by atoms with E-state index in [1.54, 1.807) is 17.8 Å². The molecular formula is C26H25N3O3S2. The molecule has 1 aliphatic rings. The number of carbonyl (C=O) groups is 2. The van der Waals surface area contributed by atoms with Gasteiger partial charge in [0, 0.05) is 24.2 Å². The number of aryl methyl sites for hydroxylation is 3. The third kappa shape index (κ3) is 4.35. The minimum absolute atomic E-state index is 0.0855. The fourth-order valence-corrected chi connectivity index (χ4v) is 6.34. The second kappa shape index (κ2) is 9.27. The molecule has 2 amide bonds. The lowest BCUT2D eigenvalue weighted by molar-refractivity contribution is 0.0747. The summed E-state index contributed by atoms with van der Waals surface area (Å²) in [7, 11) is 0. The molecule has 2 aromatic heterocycles. The van der Waals surface area contributed by atoms with E-state index >= 15 is 0 Å². The molecule has 3 heterocycles. The quantitative estimate of drug-likeness (QED) is 0.403. The van der Waals surface area contributed by atoms with E-state index in [-0.39, 0.29) is 17.2 Å². The van der Waals surface area contributed by atoms with Gasteiger partial charge in [-0.15, -0.1) is 23.1 Å². The van der Waals surface area contributed by atoms with Gasteiger partial charge in [-0.2, -0.15) is 0 Å². The van der Waals surface area contributed by atoms with Gasteiger partial charge in [0.2, 0.25) is 0 Å². The normalized spacial score (nSPS) is 15.7. The molecule has 1 N–H and O–H groups in total. The molecule has 1 saturated heterocycles. The van der Waals surface area contributed by atoms with Gasteiger partial charge < -0.3 is 14.6 Å². The van der Waals surface area contributed by atoms with Gasteiger partial charge in [0.15, 0.2) is 0 Å². The largest absolute Gasteiger partial charge is 0.461 e. The number of hydrogen-bond acceptors (Lipinski definition) is 6. The zero-order valence-corrected chi connectivity index (χ0v) is 20.9. The molecule has 1 unspecified atom stereocenters. The van der Waals surface area contributed by atoms with Crippen LogP contribution in [-0.2, 0) is 0 Å². The Bertz CT molecular complexity index is 1390. The smallest absolute Gasteiger partial charge is 0.274 e. The van der Waals surface area contributed by atoms with Crippen LogP contribution >= 0.6 is 23.1 Å². The van der Waals surface area contributed by atoms with Gasteiger partial charge in [0.25, 0.3) is 11.8 Å². The lowest BCUT2D eigenvalue weighted by atomic mass is 10.1. The number of nitrogens with zero attached hydrogens (tertiary/aromatic N) is 2. The minimum atomic E-state index is -0.170. The van der Waals surface area contributed by atoms with Crippen LogP contribution in [0.25, 0.3) is 21.4 Å². The summed E-state index contributed by atoms with van der Waals surface area (Å²) < 4.78 is 5.65. The molecule has 0 spiro atoms. The van der Waals surface area contributed by atoms with Crippen LogP contribution in [0.4, 0.5) is 0 Å². The number of thioether (sulfide) groups is 1. The van der Waals surface area contributed by atoms with E-state index in [9.17, 15) is 9.59 Å². The zero-order valence-electron chi connectivity index (χ0n) is 19.3. The van der Waals surface area contributed by atoms with Gasteiger partial charge in [-0.1, -0.05) is 35.9 Å². The number of nitrogens with one attached hydrogen (secondary N) is 1. The van der Waals surface area contributed by atoms with E-state index in [0.717, 1.165) is 37.9 Å². The van der Waals surface area contributed by atoms with E-state index in [1.807, 2.05) is 62.1 Å². The second-order valence-corrected chi connectivity index (χ2v) is 10.9. The molecule has 0 saturated carbocycles. The average Bonchev–Trinajstić information content (AvgIpc) is 3.53. The third-order valence-corrected chi connectivity index (χ3v) is 8.08. The Labute approximate surface area is 206 Å². The number of carbonyl (C=O) groups excluding carboxylic acids is 2. The van der Waals surface area contributed by atoms with Crippen LogP contribution in [-0.4, -0.2) is 45.9 Å². The van der Waals surface area contributed by atoms with Crippen LogP contribution in [0.1, 0.15) is 37.2 Å². The predicted octanol–water partition coefficient (Wildman–Crippen LogP) is 5.43. The molecule has 174 valence electrons. The number of furan rings is 1. The van der Waals surface area contributed by atoms with E-state index in [0.29, 0.717) is 29.9 Å². The van der Waals surface area contributed by atoms with Crippen molar-refractivity contribution in [1.29, 1.82) is 0 Å². The number of benzene rings is 2. The zero-order chi connectivity index (χ0) is 23.8. The molecule has 5 rings (SSSR count). The van der Waals surface area contributed by atoms with Crippen molar-refractivity contribution < 1.29 is 14.0 Å². The number of fused-ring (bicyclic) bond motifs is 1. The van der Waals surface area contributed by atoms with E-state index in [2.05, 4.69) is 16.4 Å². The first-order valence-electron chi connectivity index (χ1n) is 11.1. The molecule has 1 aliphatic heterocycles. The first-order chi connectivity index (χ1) is 16.4. The van der Waals surface area contributed by atoms with Gasteiger partial charge in [0.1, 0.15) is 17.0 Å². The Hall–Kier alpha value is -3.10. The van der Waals surface area contributed by atoms with Crippen molar-refractivity contribution in [1.82, 2.24) is 15.2 Å². The highest BCUT2D eigenvalue weighted by atomic mass is 32.2. The summed E-state index contributed by atoms with van der Waals surface area (Å²) in [5, 5.41) is 4.54. The Balaban J connectivity index is 1.34. The van der Waals surface area contributed by atoms with Crippen molar-refractivity contribution in [3.63, 3.8) is 0 Å². The summed E-state index contributed by atoms with van der Waals surface area (Å²) >= 11 is 3.22. The lowest BCUT2D eigenvalue weighted by Gasteiger charge is -2.24. The van der Waals surface area contributed by atoms with Crippen molar-refractivity contribution in [3.05, 3.63) is 76.1 Å². The van der Waals surface area contributed by atoms with Gasteiger partial charge in [-0.25, -0.2) is 4.98 Å². The standard InChI is InChI=1S/C26H25N3O3S2/c1-15-6-4-7-18(12-15)24-23(28-17(3)34-24)26(31)29-10-11-33-22(29)14-27-25(30)19-8-5-9-21-20(19)13-16(2)32-21/h4-9,12-13,22H,10-11,14H2,1-3H3,(H,27,30). The molecule has 0 aliphatic carbocycles. The first-order valence-corrected chi connectivity index (χ1v) is 13.0. The molecule has 6 nitrogen and oxygen atoms in total. The summed E-state index contributed by atoms with van der Waals surface area (Å²) in [6.45, 7) is 6.83. The summed E-state index contributed by atoms with van der Waals surface area (Å²) in [6.07, 6.45) is 0. The number of aromatic nitrogens is 1. The van der Waals surface area contributed by atoms with Crippen molar-refractivity contribution in [2.24, 2.45) is 0 Å². The summed E-state index contributed by atoms with van der Waals surface area (Å²) in [5.41, 5.74) is 3.91.